The Kier molecular flexibility index (Phi) is 5.62. The molecule has 0 aromatic heterocycles. The van der Waals surface area contributed by atoms with Crippen molar-refractivity contribution in [2.45, 2.75) is 19.4 Å². The molecule has 0 aliphatic rings. The van der Waals surface area contributed by atoms with E-state index in [1.54, 1.807) is 12.1 Å². The third-order valence-electron chi connectivity index (χ3n) is 3.17. The van der Waals surface area contributed by atoms with Crippen molar-refractivity contribution in [3.05, 3.63) is 62.8 Å². The van der Waals surface area contributed by atoms with Crippen molar-refractivity contribution < 1.29 is 9.13 Å². The molecule has 1 unspecified atom stereocenters. The number of nitrogens with two attached hydrogens (primary N) is 1. The second-order valence-electron chi connectivity index (χ2n) is 4.63. The molecule has 0 saturated heterocycles. The predicted octanol–water partition coefficient (Wildman–Crippen LogP) is 4.88. The molecule has 0 saturated carbocycles. The lowest BCUT2D eigenvalue weighted by atomic mass is 9.99. The van der Waals surface area contributed by atoms with Crippen molar-refractivity contribution in [1.29, 1.82) is 0 Å². The highest BCUT2D eigenvalue weighted by Gasteiger charge is 2.14. The van der Waals surface area contributed by atoms with E-state index in [2.05, 4.69) is 15.9 Å². The van der Waals surface area contributed by atoms with E-state index in [9.17, 15) is 4.39 Å². The summed E-state index contributed by atoms with van der Waals surface area (Å²) in [6, 6.07) is 9.93. The minimum Gasteiger partial charge on any atom is -0.493 e. The highest BCUT2D eigenvalue weighted by atomic mass is 79.9. The van der Waals surface area contributed by atoms with Gasteiger partial charge in [0.15, 0.2) is 0 Å². The van der Waals surface area contributed by atoms with E-state index < -0.39 is 0 Å². The van der Waals surface area contributed by atoms with E-state index in [0.29, 0.717) is 23.6 Å². The summed E-state index contributed by atoms with van der Waals surface area (Å²) in [6.45, 7) is 2.51. The molecule has 112 valence electrons. The molecule has 2 rings (SSSR count). The quantitative estimate of drug-likeness (QED) is 0.811. The first-order valence-corrected chi connectivity index (χ1v) is 7.80. The van der Waals surface area contributed by atoms with Crippen LogP contribution in [0.2, 0.25) is 5.02 Å². The van der Waals surface area contributed by atoms with Crippen LogP contribution in [0.25, 0.3) is 0 Å². The molecule has 0 amide bonds. The Balaban J connectivity index is 2.20. The summed E-state index contributed by atoms with van der Waals surface area (Å²) < 4.78 is 20.1. The lowest BCUT2D eigenvalue weighted by Gasteiger charge is -2.15. The van der Waals surface area contributed by atoms with Crippen LogP contribution in [0, 0.1) is 5.82 Å². The van der Waals surface area contributed by atoms with Crippen LogP contribution in [-0.4, -0.2) is 6.61 Å². The van der Waals surface area contributed by atoms with Gasteiger partial charge in [-0.15, -0.1) is 0 Å². The van der Waals surface area contributed by atoms with E-state index >= 15 is 0 Å². The van der Waals surface area contributed by atoms with Crippen LogP contribution in [0.15, 0.2) is 40.9 Å². The summed E-state index contributed by atoms with van der Waals surface area (Å²) in [4.78, 5) is 0. The van der Waals surface area contributed by atoms with Gasteiger partial charge in [-0.05, 0) is 59.1 Å². The van der Waals surface area contributed by atoms with Gasteiger partial charge in [0.1, 0.15) is 11.6 Å². The molecule has 0 aliphatic carbocycles. The largest absolute Gasteiger partial charge is 0.493 e. The monoisotopic (exact) mass is 371 g/mol. The Bertz CT molecular complexity index is 615. The standard InChI is InChI=1S/C16H16BrClFNO/c1-2-21-16-7-6-10(8-12(16)17)15(20)9-11-13(18)4-3-5-14(11)19/h3-8,15H,2,9,20H2,1H3. The van der Waals surface area contributed by atoms with Crippen molar-refractivity contribution in [3.8, 4) is 5.75 Å². The number of halogens is 3. The molecule has 2 nitrogen and oxygen atoms in total. The van der Waals surface area contributed by atoms with Crippen LogP contribution in [0.4, 0.5) is 4.39 Å². The average Bonchev–Trinajstić information content (AvgIpc) is 2.45. The second kappa shape index (κ2) is 7.25. The first-order chi connectivity index (χ1) is 10.0. The van der Waals surface area contributed by atoms with Gasteiger partial charge >= 0.3 is 0 Å². The Morgan fingerprint density at radius 1 is 1.33 bits per heavy atom. The molecule has 21 heavy (non-hydrogen) atoms. The number of rotatable bonds is 5. The zero-order valence-corrected chi connectivity index (χ0v) is 13.9. The molecule has 1 atom stereocenters. The average molecular weight is 373 g/mol. The van der Waals surface area contributed by atoms with Gasteiger partial charge in [0.2, 0.25) is 0 Å². The molecule has 5 heteroatoms. The molecule has 0 bridgehead atoms. The van der Waals surface area contributed by atoms with Gasteiger partial charge in [-0.1, -0.05) is 23.7 Å². The minimum atomic E-state index is -0.341. The van der Waals surface area contributed by atoms with Crippen LogP contribution >= 0.6 is 27.5 Å². The van der Waals surface area contributed by atoms with Gasteiger partial charge in [-0.25, -0.2) is 4.39 Å². The smallest absolute Gasteiger partial charge is 0.133 e. The predicted molar refractivity (Wildman–Crippen MR) is 87.4 cm³/mol. The van der Waals surface area contributed by atoms with Crippen molar-refractivity contribution in [1.82, 2.24) is 0 Å². The fraction of sp³-hybridized carbons (Fsp3) is 0.250. The number of hydrogen-bond donors (Lipinski definition) is 1. The minimum absolute atomic E-state index is 0.331. The highest BCUT2D eigenvalue weighted by Crippen LogP contribution is 2.30. The molecule has 0 aliphatic heterocycles. The summed E-state index contributed by atoms with van der Waals surface area (Å²) in [6.07, 6.45) is 0.339. The van der Waals surface area contributed by atoms with Crippen LogP contribution in [0.3, 0.4) is 0 Å². The maximum atomic E-state index is 13.8. The molecule has 0 radical (unpaired) electrons. The van der Waals surface area contributed by atoms with Gasteiger partial charge in [-0.3, -0.25) is 0 Å². The Morgan fingerprint density at radius 3 is 2.71 bits per heavy atom. The van der Waals surface area contributed by atoms with Crippen molar-refractivity contribution in [3.63, 3.8) is 0 Å². The first kappa shape index (κ1) is 16.3. The highest BCUT2D eigenvalue weighted by molar-refractivity contribution is 9.10. The summed E-state index contributed by atoms with van der Waals surface area (Å²) in [7, 11) is 0. The van der Waals surface area contributed by atoms with E-state index in [1.165, 1.54) is 6.07 Å². The number of ether oxygens (including phenoxy) is 1. The van der Waals surface area contributed by atoms with Gasteiger partial charge in [-0.2, -0.15) is 0 Å². The van der Waals surface area contributed by atoms with E-state index in [4.69, 9.17) is 22.1 Å². The van der Waals surface area contributed by atoms with Gasteiger partial charge in [0.25, 0.3) is 0 Å². The fourth-order valence-electron chi connectivity index (χ4n) is 2.09. The van der Waals surface area contributed by atoms with Gasteiger partial charge in [0, 0.05) is 16.6 Å². The molecule has 2 aromatic rings. The molecular formula is C16H16BrClFNO. The lowest BCUT2D eigenvalue weighted by Crippen LogP contribution is -2.14. The SMILES string of the molecule is CCOc1ccc(C(N)Cc2c(F)cccc2Cl)cc1Br. The Hall–Kier alpha value is -1.10. The molecule has 2 N–H and O–H groups in total. The van der Waals surface area contributed by atoms with Crippen molar-refractivity contribution >= 4 is 27.5 Å². The zero-order chi connectivity index (χ0) is 15.4. The summed E-state index contributed by atoms with van der Waals surface area (Å²) >= 11 is 9.48. The maximum Gasteiger partial charge on any atom is 0.133 e. The summed E-state index contributed by atoms with van der Waals surface area (Å²) in [5.74, 6) is 0.431. The molecule has 0 fully saturated rings. The van der Waals surface area contributed by atoms with Gasteiger partial charge < -0.3 is 10.5 Å². The normalized spacial score (nSPS) is 12.2. The van der Waals surface area contributed by atoms with E-state index in [0.717, 1.165) is 15.8 Å². The van der Waals surface area contributed by atoms with E-state index in [-0.39, 0.29) is 11.9 Å². The van der Waals surface area contributed by atoms with Crippen LogP contribution in [0.5, 0.6) is 5.75 Å². The van der Waals surface area contributed by atoms with E-state index in [1.807, 2.05) is 25.1 Å². The van der Waals surface area contributed by atoms with Gasteiger partial charge in [0.05, 0.1) is 11.1 Å². The first-order valence-electron chi connectivity index (χ1n) is 6.63. The fourth-order valence-corrected chi connectivity index (χ4v) is 2.84. The summed E-state index contributed by atoms with van der Waals surface area (Å²) in [5.41, 5.74) is 7.51. The molecule has 0 spiro atoms. The Morgan fingerprint density at radius 2 is 2.10 bits per heavy atom. The molecule has 2 aromatic carbocycles. The van der Waals surface area contributed by atoms with Crippen LogP contribution in [0.1, 0.15) is 24.1 Å². The number of benzene rings is 2. The number of hydrogen-bond acceptors (Lipinski definition) is 2. The van der Waals surface area contributed by atoms with Crippen LogP contribution in [-0.2, 0) is 6.42 Å². The Labute approximate surface area is 137 Å². The lowest BCUT2D eigenvalue weighted by molar-refractivity contribution is 0.338. The molecule has 0 heterocycles. The third-order valence-corrected chi connectivity index (χ3v) is 4.14. The topological polar surface area (TPSA) is 35.2 Å². The third kappa shape index (κ3) is 3.96. The van der Waals surface area contributed by atoms with Crippen molar-refractivity contribution in [2.75, 3.05) is 6.61 Å². The zero-order valence-electron chi connectivity index (χ0n) is 11.6. The van der Waals surface area contributed by atoms with Crippen LogP contribution < -0.4 is 10.5 Å². The summed E-state index contributed by atoms with van der Waals surface area (Å²) in [5, 5.41) is 0.399. The maximum absolute atomic E-state index is 13.8. The molecular weight excluding hydrogens is 357 g/mol. The second-order valence-corrected chi connectivity index (χ2v) is 5.90. The van der Waals surface area contributed by atoms with Crippen molar-refractivity contribution in [2.24, 2.45) is 5.73 Å².